The van der Waals surface area contributed by atoms with Crippen LogP contribution in [0.2, 0.25) is 0 Å². The number of rotatable bonds is 8. The lowest BCUT2D eigenvalue weighted by molar-refractivity contribution is -0.172. The molecule has 5 aliphatic carbocycles. The van der Waals surface area contributed by atoms with Crippen LogP contribution in [-0.2, 0) is 20.3 Å². The minimum Gasteiger partial charge on any atom is -0.465 e. The number of methoxy groups -OCH3 is 2. The Bertz CT molecular complexity index is 1910. The monoisotopic (exact) mass is 855 g/mol. The van der Waals surface area contributed by atoms with Crippen molar-refractivity contribution in [2.75, 3.05) is 51.9 Å². The minimum absolute atomic E-state index is 0.0957. The molecule has 61 heavy (non-hydrogen) atoms. The molecule has 1 aliphatic heterocycles. The van der Waals surface area contributed by atoms with E-state index in [1.54, 1.807) is 12.1 Å². The summed E-state index contributed by atoms with van der Waals surface area (Å²) in [6, 6.07) is 15.5. The van der Waals surface area contributed by atoms with Crippen LogP contribution in [0.25, 0.3) is 11.1 Å². The standard InChI is InChI=1S/C39H58N2O3S.C12H14O2.C2H6/c1-36(2)30(27-8-10-28(11-9-27)35(42)44-5)14-18-38(4)33(36)16-19-37(3)31-15-20-39(40-21-22-41-23-25-45(43)26-24-41)17-6-7-32(39)29(31)12-13-34(37)38;1-4-9(2)10-5-7-11(8-6-10)12(13)14-3;1-2/h8-11,14,29,31-34,40H,6-7,12-13,15-26H2,1-5H3;4-8H,1-3H3;1-2H3/b;9-4+;/t29?,31?,32-,33?,34?,37?,38?,39?;;/m1../s1. The number of fused-ring (bicyclic) bond motifs is 7. The van der Waals surface area contributed by atoms with Gasteiger partial charge in [0, 0.05) is 54.0 Å². The van der Waals surface area contributed by atoms with Gasteiger partial charge in [0.15, 0.2) is 0 Å². The first-order chi connectivity index (χ1) is 29.2. The largest absolute Gasteiger partial charge is 0.465 e. The summed E-state index contributed by atoms with van der Waals surface area (Å²) < 4.78 is 21.4. The number of hydrogen-bond donors (Lipinski definition) is 1. The molecule has 8 rings (SSSR count). The van der Waals surface area contributed by atoms with Crippen molar-refractivity contribution in [3.8, 4) is 0 Å². The lowest BCUT2D eigenvalue weighted by Gasteiger charge is -2.68. The van der Waals surface area contributed by atoms with Crippen LogP contribution in [0.5, 0.6) is 0 Å². The third kappa shape index (κ3) is 9.30. The predicted molar refractivity (Wildman–Crippen MR) is 253 cm³/mol. The maximum Gasteiger partial charge on any atom is 0.337 e. The van der Waals surface area contributed by atoms with Crippen molar-refractivity contribution in [1.82, 2.24) is 10.2 Å². The van der Waals surface area contributed by atoms with Crippen molar-refractivity contribution >= 4 is 33.9 Å². The number of nitrogens with one attached hydrogen (secondary N) is 1. The Kier molecular flexibility index (Phi) is 15.4. The first kappa shape index (κ1) is 47.4. The van der Waals surface area contributed by atoms with Crippen LogP contribution in [0.15, 0.2) is 60.7 Å². The Morgan fingerprint density at radius 2 is 1.38 bits per heavy atom. The molecule has 1 heterocycles. The summed E-state index contributed by atoms with van der Waals surface area (Å²) in [5, 5.41) is 4.22. The molecule has 7 nitrogen and oxygen atoms in total. The van der Waals surface area contributed by atoms with E-state index in [0.717, 1.165) is 66.9 Å². The third-order valence-corrected chi connectivity index (χ3v) is 18.4. The molecule has 8 atom stereocenters. The van der Waals surface area contributed by atoms with Gasteiger partial charge in [0.05, 0.1) is 25.3 Å². The highest BCUT2D eigenvalue weighted by Gasteiger charge is 2.65. The zero-order valence-corrected chi connectivity index (χ0v) is 40.2. The van der Waals surface area contributed by atoms with Gasteiger partial charge in [-0.1, -0.05) is 84.4 Å². The average molecular weight is 855 g/mol. The van der Waals surface area contributed by atoms with Crippen LogP contribution < -0.4 is 5.32 Å². The number of carbonyl (C=O) groups is 2. The molecule has 0 aromatic heterocycles. The van der Waals surface area contributed by atoms with Gasteiger partial charge < -0.3 is 19.7 Å². The molecule has 4 saturated carbocycles. The number of hydrogen-bond acceptors (Lipinski definition) is 7. The van der Waals surface area contributed by atoms with Gasteiger partial charge in [-0.25, -0.2) is 9.59 Å². The van der Waals surface area contributed by atoms with Gasteiger partial charge in [0.2, 0.25) is 0 Å². The quantitative estimate of drug-likeness (QED) is 0.265. The van der Waals surface area contributed by atoms with Crippen molar-refractivity contribution in [2.45, 2.75) is 125 Å². The van der Waals surface area contributed by atoms with Gasteiger partial charge in [-0.3, -0.25) is 4.21 Å². The Morgan fingerprint density at radius 1 is 0.770 bits per heavy atom. The number of esters is 2. The number of allylic oxidation sites excluding steroid dienone is 4. The van der Waals surface area contributed by atoms with E-state index >= 15 is 0 Å². The van der Waals surface area contributed by atoms with E-state index in [0.29, 0.717) is 33.4 Å². The van der Waals surface area contributed by atoms with Gasteiger partial charge in [0.1, 0.15) is 0 Å². The topological polar surface area (TPSA) is 84.9 Å². The van der Waals surface area contributed by atoms with E-state index in [4.69, 9.17) is 4.74 Å². The van der Waals surface area contributed by atoms with Crippen molar-refractivity contribution in [3.63, 3.8) is 0 Å². The van der Waals surface area contributed by atoms with Crippen LogP contribution in [0, 0.1) is 45.8 Å². The second-order valence-electron chi connectivity index (χ2n) is 20.0. The van der Waals surface area contributed by atoms with Crippen LogP contribution in [-0.4, -0.2) is 78.5 Å². The first-order valence-corrected chi connectivity index (χ1v) is 25.2. The molecule has 5 fully saturated rings. The third-order valence-electron chi connectivity index (χ3n) is 17.1. The van der Waals surface area contributed by atoms with E-state index in [-0.39, 0.29) is 17.4 Å². The molecule has 2 aromatic carbocycles. The van der Waals surface area contributed by atoms with E-state index in [1.165, 1.54) is 95.1 Å². The maximum absolute atomic E-state index is 12.1. The lowest BCUT2D eigenvalue weighted by atomic mass is 9.37. The molecule has 0 spiro atoms. The Hall–Kier alpha value is -3.07. The van der Waals surface area contributed by atoms with Gasteiger partial charge in [-0.15, -0.1) is 0 Å². The number of ether oxygens (including phenoxy) is 2. The smallest absolute Gasteiger partial charge is 0.337 e. The first-order valence-electron chi connectivity index (χ1n) is 23.7. The molecule has 1 saturated heterocycles. The number of benzene rings is 2. The molecule has 0 amide bonds. The van der Waals surface area contributed by atoms with Crippen molar-refractivity contribution in [2.24, 2.45) is 45.8 Å². The van der Waals surface area contributed by atoms with E-state index in [9.17, 15) is 13.8 Å². The summed E-state index contributed by atoms with van der Waals surface area (Å²) in [4.78, 5) is 25.7. The molecule has 7 unspecified atom stereocenters. The maximum atomic E-state index is 12.1. The number of carbonyl (C=O) groups excluding carboxylic acids is 2. The lowest BCUT2D eigenvalue weighted by Crippen LogP contribution is -2.63. The SMILES string of the molecule is C/C=C(\C)c1ccc(C(=O)OC)cc1.CC.COC(=O)c1ccc(C2=CCC3(C)C(CCC4(C)C5CCC6(NCCN7CCS(=O)CC7)CCC[C@@H]6C5CCC43)C2(C)C)cc1. The Labute approximate surface area is 371 Å². The summed E-state index contributed by atoms with van der Waals surface area (Å²) in [6.07, 6.45) is 18.3. The molecule has 0 bridgehead atoms. The molecule has 0 radical (unpaired) electrons. The summed E-state index contributed by atoms with van der Waals surface area (Å²) in [5.74, 6) is 5.19. The highest BCUT2D eigenvalue weighted by molar-refractivity contribution is 7.85. The molecule has 8 heteroatoms. The molecule has 2 aromatic rings. The molecule has 6 aliphatic rings. The average Bonchev–Trinajstić information content (AvgIpc) is 3.71. The van der Waals surface area contributed by atoms with E-state index < -0.39 is 10.8 Å². The van der Waals surface area contributed by atoms with Crippen molar-refractivity contribution < 1.29 is 23.3 Å². The molecular weight excluding hydrogens is 777 g/mol. The second-order valence-corrected chi connectivity index (χ2v) is 21.7. The zero-order valence-electron chi connectivity index (χ0n) is 39.4. The summed E-state index contributed by atoms with van der Waals surface area (Å²) in [5.41, 5.74) is 7.49. The minimum atomic E-state index is -0.592. The summed E-state index contributed by atoms with van der Waals surface area (Å²) in [7, 11) is 2.24. The fourth-order valence-electron chi connectivity index (χ4n) is 14.0. The zero-order chi connectivity index (χ0) is 44.2. The highest BCUT2D eigenvalue weighted by Crippen LogP contribution is 2.72. The summed E-state index contributed by atoms with van der Waals surface area (Å²) in [6.45, 7) is 22.7. The molecule has 336 valence electrons. The van der Waals surface area contributed by atoms with Gasteiger partial charge in [-0.2, -0.15) is 0 Å². The van der Waals surface area contributed by atoms with Crippen LogP contribution in [0.3, 0.4) is 0 Å². The van der Waals surface area contributed by atoms with Crippen molar-refractivity contribution in [3.05, 3.63) is 82.9 Å². The highest BCUT2D eigenvalue weighted by atomic mass is 32.2. The summed E-state index contributed by atoms with van der Waals surface area (Å²) >= 11 is 0. The number of nitrogens with zero attached hydrogens (tertiary/aromatic N) is 1. The van der Waals surface area contributed by atoms with E-state index in [1.807, 2.05) is 58.0 Å². The Balaban J connectivity index is 0.000000330. The van der Waals surface area contributed by atoms with E-state index in [2.05, 4.69) is 60.9 Å². The fraction of sp³-hybridized carbons (Fsp3) is 0.660. The van der Waals surface area contributed by atoms with Gasteiger partial charge in [0.25, 0.3) is 0 Å². The van der Waals surface area contributed by atoms with Crippen LogP contribution in [0.1, 0.15) is 151 Å². The van der Waals surface area contributed by atoms with Crippen LogP contribution in [0.4, 0.5) is 0 Å². The van der Waals surface area contributed by atoms with Gasteiger partial charge >= 0.3 is 11.9 Å². The normalized spacial score (nSPS) is 33.1. The molecule has 1 N–H and O–H groups in total. The van der Waals surface area contributed by atoms with Gasteiger partial charge in [-0.05, 0) is 164 Å². The van der Waals surface area contributed by atoms with Crippen LogP contribution >= 0.6 is 0 Å². The van der Waals surface area contributed by atoms with Crippen molar-refractivity contribution in [1.29, 1.82) is 0 Å². The second kappa shape index (κ2) is 19.8. The predicted octanol–water partition coefficient (Wildman–Crippen LogP) is 11.3. The Morgan fingerprint density at radius 3 is 1.98 bits per heavy atom. The fourth-order valence-corrected chi connectivity index (χ4v) is 15.2. The molecular formula is C53H78N2O5S.